The highest BCUT2D eigenvalue weighted by Gasteiger charge is 2.22. The summed E-state index contributed by atoms with van der Waals surface area (Å²) in [6, 6.07) is 9.43. The fourth-order valence-electron chi connectivity index (χ4n) is 3.07. The third kappa shape index (κ3) is 4.50. The molecule has 8 nitrogen and oxygen atoms in total. The summed E-state index contributed by atoms with van der Waals surface area (Å²) >= 11 is 0. The minimum absolute atomic E-state index is 0.0668. The fraction of sp³-hybridized carbons (Fsp3) is 0.300. The van der Waals surface area contributed by atoms with Gasteiger partial charge in [-0.1, -0.05) is 5.16 Å². The minimum Gasteiger partial charge on any atom is -0.484 e. The summed E-state index contributed by atoms with van der Waals surface area (Å²) in [6.45, 7) is 4.19. The van der Waals surface area contributed by atoms with Crippen LogP contribution in [0.3, 0.4) is 0 Å². The number of pyridine rings is 1. The number of nitrogens with zero attached hydrogens (tertiary/aromatic N) is 5. The molecule has 1 aromatic carbocycles. The van der Waals surface area contributed by atoms with E-state index in [-0.39, 0.29) is 18.3 Å². The second-order valence-corrected chi connectivity index (χ2v) is 6.65. The first kappa shape index (κ1) is 18.9. The van der Waals surface area contributed by atoms with Crippen molar-refractivity contribution in [2.75, 3.05) is 37.7 Å². The summed E-state index contributed by atoms with van der Waals surface area (Å²) in [7, 11) is 0. The molecular formula is C20H20FN5O3. The number of benzene rings is 1. The zero-order valence-electron chi connectivity index (χ0n) is 15.9. The minimum atomic E-state index is -0.339. The lowest BCUT2D eigenvalue weighted by molar-refractivity contribution is -0.133. The van der Waals surface area contributed by atoms with E-state index < -0.39 is 0 Å². The van der Waals surface area contributed by atoms with Crippen molar-refractivity contribution in [3.63, 3.8) is 0 Å². The molecule has 1 aliphatic heterocycles. The van der Waals surface area contributed by atoms with E-state index >= 15 is 0 Å². The van der Waals surface area contributed by atoms with Crippen molar-refractivity contribution in [2.24, 2.45) is 0 Å². The molecule has 3 heterocycles. The average molecular weight is 397 g/mol. The van der Waals surface area contributed by atoms with Gasteiger partial charge in [0.15, 0.2) is 6.61 Å². The Morgan fingerprint density at radius 3 is 2.52 bits per heavy atom. The zero-order chi connectivity index (χ0) is 20.2. The van der Waals surface area contributed by atoms with E-state index in [1.54, 1.807) is 18.0 Å². The van der Waals surface area contributed by atoms with Gasteiger partial charge in [-0.15, -0.1) is 0 Å². The number of ether oxygens (including phenoxy) is 1. The maximum atomic E-state index is 12.9. The zero-order valence-corrected chi connectivity index (χ0v) is 15.9. The molecule has 150 valence electrons. The molecule has 0 spiro atoms. The largest absolute Gasteiger partial charge is 0.484 e. The van der Waals surface area contributed by atoms with Crippen LogP contribution in [-0.4, -0.2) is 58.7 Å². The van der Waals surface area contributed by atoms with E-state index in [1.165, 1.54) is 24.3 Å². The van der Waals surface area contributed by atoms with E-state index in [0.29, 0.717) is 43.6 Å². The van der Waals surface area contributed by atoms with Crippen LogP contribution in [-0.2, 0) is 4.79 Å². The Hall–Kier alpha value is -3.49. The summed E-state index contributed by atoms with van der Waals surface area (Å²) in [5.41, 5.74) is 0.789. The second kappa shape index (κ2) is 8.26. The van der Waals surface area contributed by atoms with Gasteiger partial charge in [0.1, 0.15) is 17.4 Å². The number of rotatable bonds is 5. The molecule has 0 saturated carbocycles. The third-order valence-corrected chi connectivity index (χ3v) is 4.67. The van der Waals surface area contributed by atoms with Crippen molar-refractivity contribution in [3.05, 3.63) is 54.3 Å². The van der Waals surface area contributed by atoms with Crippen LogP contribution in [0.1, 0.15) is 5.89 Å². The second-order valence-electron chi connectivity index (χ2n) is 6.65. The van der Waals surface area contributed by atoms with Gasteiger partial charge in [0.05, 0.1) is 0 Å². The molecule has 0 aliphatic carbocycles. The highest BCUT2D eigenvalue weighted by Crippen LogP contribution is 2.19. The quantitative estimate of drug-likeness (QED) is 0.653. The predicted molar refractivity (Wildman–Crippen MR) is 103 cm³/mol. The first-order chi connectivity index (χ1) is 14.1. The molecule has 0 bridgehead atoms. The normalized spacial score (nSPS) is 14.1. The molecule has 0 radical (unpaired) electrons. The van der Waals surface area contributed by atoms with E-state index in [4.69, 9.17) is 9.26 Å². The molecule has 9 heteroatoms. The maximum absolute atomic E-state index is 12.9. The lowest BCUT2D eigenvalue weighted by Gasteiger charge is -2.35. The lowest BCUT2D eigenvalue weighted by Crippen LogP contribution is -2.50. The number of piperazine rings is 1. The molecule has 2 aromatic heterocycles. The molecule has 4 rings (SSSR count). The SMILES string of the molecule is Cc1nc(-c2ccc(N3CCN(C(=O)COc4ccc(F)cc4)CC3)nc2)no1. The van der Waals surface area contributed by atoms with Crippen LogP contribution in [0.4, 0.5) is 10.2 Å². The maximum Gasteiger partial charge on any atom is 0.260 e. The Bertz CT molecular complexity index is 967. The molecule has 1 aliphatic rings. The van der Waals surface area contributed by atoms with Gasteiger partial charge in [0, 0.05) is 44.9 Å². The van der Waals surface area contributed by atoms with Gasteiger partial charge in [-0.25, -0.2) is 9.37 Å². The monoisotopic (exact) mass is 397 g/mol. The first-order valence-electron chi connectivity index (χ1n) is 9.26. The number of halogens is 1. The number of aryl methyl sites for hydroxylation is 1. The number of aromatic nitrogens is 3. The smallest absolute Gasteiger partial charge is 0.260 e. The molecule has 0 unspecified atom stereocenters. The first-order valence-corrected chi connectivity index (χ1v) is 9.26. The van der Waals surface area contributed by atoms with Crippen molar-refractivity contribution in [1.82, 2.24) is 20.0 Å². The molecule has 1 fully saturated rings. The van der Waals surface area contributed by atoms with Gasteiger partial charge in [-0.05, 0) is 36.4 Å². The van der Waals surface area contributed by atoms with E-state index in [1.807, 2.05) is 12.1 Å². The van der Waals surface area contributed by atoms with Gasteiger partial charge < -0.3 is 19.1 Å². The van der Waals surface area contributed by atoms with Gasteiger partial charge in [-0.2, -0.15) is 4.98 Å². The molecule has 29 heavy (non-hydrogen) atoms. The molecule has 1 amide bonds. The van der Waals surface area contributed by atoms with Crippen LogP contribution in [0.2, 0.25) is 0 Å². The Kier molecular flexibility index (Phi) is 5.37. The van der Waals surface area contributed by atoms with Crippen LogP contribution in [0.15, 0.2) is 47.1 Å². The molecule has 3 aromatic rings. The topological polar surface area (TPSA) is 84.6 Å². The van der Waals surface area contributed by atoms with Crippen molar-refractivity contribution in [2.45, 2.75) is 6.92 Å². The number of anilines is 1. The van der Waals surface area contributed by atoms with Crippen LogP contribution < -0.4 is 9.64 Å². The summed E-state index contributed by atoms with van der Waals surface area (Å²) in [5.74, 6) is 1.90. The average Bonchev–Trinajstić information content (AvgIpc) is 3.20. The van der Waals surface area contributed by atoms with Crippen LogP contribution >= 0.6 is 0 Å². The van der Waals surface area contributed by atoms with Crippen molar-refractivity contribution in [1.29, 1.82) is 0 Å². The Morgan fingerprint density at radius 1 is 1.14 bits per heavy atom. The number of hydrogen-bond donors (Lipinski definition) is 0. The molecular weight excluding hydrogens is 377 g/mol. The summed E-state index contributed by atoms with van der Waals surface area (Å²) < 4.78 is 23.3. The summed E-state index contributed by atoms with van der Waals surface area (Å²) in [5, 5.41) is 3.89. The van der Waals surface area contributed by atoms with Crippen LogP contribution in [0, 0.1) is 12.7 Å². The number of carbonyl (C=O) groups excluding carboxylic acids is 1. The third-order valence-electron chi connectivity index (χ3n) is 4.67. The predicted octanol–water partition coefficient (Wildman–Crippen LogP) is 2.31. The Balaban J connectivity index is 1.28. The molecule has 0 N–H and O–H groups in total. The Labute approximate surface area is 166 Å². The highest BCUT2D eigenvalue weighted by atomic mass is 19.1. The Morgan fingerprint density at radius 2 is 1.90 bits per heavy atom. The van der Waals surface area contributed by atoms with Gasteiger partial charge >= 0.3 is 0 Å². The van der Waals surface area contributed by atoms with Crippen LogP contribution in [0.25, 0.3) is 11.4 Å². The van der Waals surface area contributed by atoms with Crippen molar-refractivity contribution >= 4 is 11.7 Å². The van der Waals surface area contributed by atoms with Crippen molar-refractivity contribution in [3.8, 4) is 17.1 Å². The van der Waals surface area contributed by atoms with Gasteiger partial charge in [-0.3, -0.25) is 4.79 Å². The van der Waals surface area contributed by atoms with Crippen molar-refractivity contribution < 1.29 is 18.4 Å². The standard InChI is InChI=1S/C20H20FN5O3/c1-14-23-20(24-29-14)15-2-7-18(22-12-15)25-8-10-26(11-9-25)19(27)13-28-17-5-3-16(21)4-6-17/h2-7,12H,8-11,13H2,1H3. The van der Waals surface area contributed by atoms with Gasteiger partial charge in [0.2, 0.25) is 11.7 Å². The summed E-state index contributed by atoms with van der Waals surface area (Å²) in [4.78, 5) is 24.9. The molecule has 0 atom stereocenters. The van der Waals surface area contributed by atoms with E-state index in [2.05, 4.69) is 20.0 Å². The number of hydrogen-bond acceptors (Lipinski definition) is 7. The van der Waals surface area contributed by atoms with E-state index in [9.17, 15) is 9.18 Å². The fourth-order valence-corrected chi connectivity index (χ4v) is 3.07. The highest BCUT2D eigenvalue weighted by molar-refractivity contribution is 5.78. The number of amides is 1. The molecule has 1 saturated heterocycles. The van der Waals surface area contributed by atoms with Crippen LogP contribution in [0.5, 0.6) is 5.75 Å². The number of carbonyl (C=O) groups is 1. The lowest BCUT2D eigenvalue weighted by atomic mass is 10.2. The summed E-state index contributed by atoms with van der Waals surface area (Å²) in [6.07, 6.45) is 1.72. The van der Waals surface area contributed by atoms with E-state index in [0.717, 1.165) is 11.4 Å². The van der Waals surface area contributed by atoms with Gasteiger partial charge in [0.25, 0.3) is 5.91 Å².